The smallest absolute Gasteiger partial charge is 0.501 e. The zero-order valence-corrected chi connectivity index (χ0v) is 19.1. The van der Waals surface area contributed by atoms with Crippen LogP contribution in [0.3, 0.4) is 0 Å². The quantitative estimate of drug-likeness (QED) is 0.279. The van der Waals surface area contributed by atoms with Crippen molar-refractivity contribution in [2.45, 2.75) is 45.3 Å². The van der Waals surface area contributed by atoms with Crippen molar-refractivity contribution in [1.29, 1.82) is 0 Å². The Morgan fingerprint density at radius 1 is 0.935 bits per heavy atom. The van der Waals surface area contributed by atoms with Gasteiger partial charge in [-0.25, -0.2) is 0 Å². The molecule has 0 aliphatic heterocycles. The number of ketones is 1. The van der Waals surface area contributed by atoms with Crippen molar-refractivity contribution < 1.29 is 28.3 Å². The lowest BCUT2D eigenvalue weighted by atomic mass is 9.93. The van der Waals surface area contributed by atoms with Gasteiger partial charge in [0.25, 0.3) is 5.72 Å². The first-order chi connectivity index (χ1) is 14.9. The highest BCUT2D eigenvalue weighted by Crippen LogP contribution is 2.33. The second-order valence-electron chi connectivity index (χ2n) is 8.11. The Morgan fingerprint density at radius 3 is 1.87 bits per heavy atom. The summed E-state index contributed by atoms with van der Waals surface area (Å²) in [4.78, 5) is 13.5. The SMILES string of the molecule is CCCC(=O)C(CCC)(OB(Oc1ccccc1)Oc1ccccc1)[N+](C)(C)CCO. The number of likely N-dealkylation sites (N-methyl/N-ethyl adjacent to an activating group) is 1. The first-order valence-electron chi connectivity index (χ1n) is 11.0. The van der Waals surface area contributed by atoms with Gasteiger partial charge < -0.3 is 19.1 Å². The molecule has 0 fully saturated rings. The van der Waals surface area contributed by atoms with Gasteiger partial charge in [0, 0.05) is 12.8 Å². The molecule has 0 aliphatic rings. The minimum Gasteiger partial charge on any atom is -0.501 e. The van der Waals surface area contributed by atoms with Crippen molar-refractivity contribution in [3.8, 4) is 11.5 Å². The molecule has 0 saturated heterocycles. The monoisotopic (exact) mass is 428 g/mol. The average molecular weight is 428 g/mol. The number of quaternary nitrogens is 1. The van der Waals surface area contributed by atoms with Crippen LogP contribution in [0.1, 0.15) is 39.5 Å². The van der Waals surface area contributed by atoms with Crippen molar-refractivity contribution in [3.05, 3.63) is 60.7 Å². The normalized spacial score (nSPS) is 13.3. The number of para-hydroxylation sites is 2. The van der Waals surface area contributed by atoms with Crippen LogP contribution in [0.5, 0.6) is 11.5 Å². The Hall–Kier alpha value is -2.35. The maximum Gasteiger partial charge on any atom is 0.792 e. The van der Waals surface area contributed by atoms with E-state index in [1.807, 2.05) is 88.6 Å². The van der Waals surface area contributed by atoms with E-state index in [0.717, 1.165) is 6.42 Å². The number of aliphatic hydroxyl groups is 1. The van der Waals surface area contributed by atoms with E-state index >= 15 is 0 Å². The van der Waals surface area contributed by atoms with Gasteiger partial charge in [0.1, 0.15) is 18.0 Å². The third-order valence-electron chi connectivity index (χ3n) is 5.38. The summed E-state index contributed by atoms with van der Waals surface area (Å²) in [6.45, 7) is 4.28. The van der Waals surface area contributed by atoms with Crippen molar-refractivity contribution in [2.24, 2.45) is 0 Å². The molecule has 2 aromatic rings. The first kappa shape index (κ1) is 24.9. The standard InChI is InChI=1S/C24H35BNO5/c1-5-13-23(28)24(18-6-2,26(3,4)19-20-27)31-25(29-21-14-9-7-10-15-21)30-22-16-11-8-12-17-22/h7-12,14-17,27H,5-6,13,18-20H2,1-4H3/q+1. The maximum atomic E-state index is 13.5. The Balaban J connectivity index is 2.46. The van der Waals surface area contributed by atoms with Crippen LogP contribution < -0.4 is 9.31 Å². The van der Waals surface area contributed by atoms with E-state index in [4.69, 9.17) is 14.0 Å². The second-order valence-corrected chi connectivity index (χ2v) is 8.11. The number of nitrogens with zero attached hydrogens (tertiary/aromatic N) is 1. The molecule has 2 rings (SSSR count). The fourth-order valence-electron chi connectivity index (χ4n) is 3.69. The molecular formula is C24H35BNO5+. The number of rotatable bonds is 14. The minimum atomic E-state index is -1.22. The molecule has 1 atom stereocenters. The van der Waals surface area contributed by atoms with Gasteiger partial charge in [0.2, 0.25) is 5.78 Å². The summed E-state index contributed by atoms with van der Waals surface area (Å²) in [7, 11) is 2.66. The van der Waals surface area contributed by atoms with E-state index in [2.05, 4.69) is 0 Å². The zero-order chi connectivity index (χ0) is 22.7. The van der Waals surface area contributed by atoms with Gasteiger partial charge in [0.15, 0.2) is 0 Å². The number of hydrogen-bond acceptors (Lipinski definition) is 5. The molecule has 7 heteroatoms. The molecule has 0 aliphatic carbocycles. The molecular weight excluding hydrogens is 393 g/mol. The van der Waals surface area contributed by atoms with E-state index in [-0.39, 0.29) is 16.9 Å². The van der Waals surface area contributed by atoms with Gasteiger partial charge in [-0.05, 0) is 37.1 Å². The topological polar surface area (TPSA) is 65.0 Å². The summed E-state index contributed by atoms with van der Waals surface area (Å²) in [5, 5.41) is 9.70. The average Bonchev–Trinajstić information content (AvgIpc) is 2.74. The lowest BCUT2D eigenvalue weighted by molar-refractivity contribution is -0.953. The largest absolute Gasteiger partial charge is 0.792 e. The summed E-state index contributed by atoms with van der Waals surface area (Å²) in [6, 6.07) is 18.5. The number of carbonyl (C=O) groups is 1. The van der Waals surface area contributed by atoms with Crippen molar-refractivity contribution in [1.82, 2.24) is 0 Å². The van der Waals surface area contributed by atoms with E-state index in [1.54, 1.807) is 0 Å². The number of hydrogen-bond donors (Lipinski definition) is 1. The maximum absolute atomic E-state index is 13.5. The van der Waals surface area contributed by atoms with E-state index in [0.29, 0.717) is 37.3 Å². The Labute approximate surface area is 186 Å². The Morgan fingerprint density at radius 2 is 1.45 bits per heavy atom. The molecule has 0 spiro atoms. The van der Waals surface area contributed by atoms with Crippen LogP contribution >= 0.6 is 0 Å². The van der Waals surface area contributed by atoms with Gasteiger partial charge >= 0.3 is 7.32 Å². The molecule has 2 aromatic carbocycles. The molecule has 0 aromatic heterocycles. The molecule has 0 bridgehead atoms. The van der Waals surface area contributed by atoms with Crippen LogP contribution in [0.2, 0.25) is 0 Å². The second kappa shape index (κ2) is 11.9. The molecule has 0 saturated carbocycles. The molecule has 31 heavy (non-hydrogen) atoms. The summed E-state index contributed by atoms with van der Waals surface area (Å²) in [6.07, 6.45) is 2.28. The van der Waals surface area contributed by atoms with Crippen molar-refractivity contribution >= 4 is 13.1 Å². The summed E-state index contributed by atoms with van der Waals surface area (Å²) in [5.74, 6) is 1.13. The number of carbonyl (C=O) groups excluding carboxylic acids is 1. The molecule has 0 amide bonds. The third-order valence-corrected chi connectivity index (χ3v) is 5.38. The molecule has 6 nitrogen and oxygen atoms in total. The van der Waals surface area contributed by atoms with Crippen LogP contribution in [0, 0.1) is 0 Å². The fraction of sp³-hybridized carbons (Fsp3) is 0.458. The predicted molar refractivity (Wildman–Crippen MR) is 123 cm³/mol. The first-order valence-corrected chi connectivity index (χ1v) is 11.0. The Bertz CT molecular complexity index is 746. The molecule has 168 valence electrons. The fourth-order valence-corrected chi connectivity index (χ4v) is 3.69. The zero-order valence-electron chi connectivity index (χ0n) is 19.1. The van der Waals surface area contributed by atoms with Crippen LogP contribution in [-0.4, -0.2) is 55.7 Å². The number of benzene rings is 2. The highest BCUT2D eigenvalue weighted by Gasteiger charge is 2.56. The molecule has 0 radical (unpaired) electrons. The van der Waals surface area contributed by atoms with Crippen molar-refractivity contribution in [2.75, 3.05) is 27.2 Å². The van der Waals surface area contributed by atoms with Crippen LogP contribution in [0.15, 0.2) is 60.7 Å². The highest BCUT2D eigenvalue weighted by atomic mass is 16.7. The van der Waals surface area contributed by atoms with Crippen LogP contribution in [0.4, 0.5) is 0 Å². The van der Waals surface area contributed by atoms with E-state index < -0.39 is 13.0 Å². The number of Topliss-reactive ketones (excluding diaryl/α,β-unsaturated/α-hetero) is 1. The van der Waals surface area contributed by atoms with Crippen molar-refractivity contribution in [3.63, 3.8) is 0 Å². The summed E-state index contributed by atoms with van der Waals surface area (Å²) < 4.78 is 18.8. The Kier molecular flexibility index (Phi) is 9.56. The number of aliphatic hydroxyl groups excluding tert-OH is 1. The third kappa shape index (κ3) is 6.57. The molecule has 1 unspecified atom stereocenters. The van der Waals surface area contributed by atoms with Crippen LogP contribution in [0.25, 0.3) is 0 Å². The van der Waals surface area contributed by atoms with Gasteiger partial charge in [-0.15, -0.1) is 0 Å². The molecule has 1 N–H and O–H groups in total. The van der Waals surface area contributed by atoms with Gasteiger partial charge in [-0.3, -0.25) is 9.28 Å². The van der Waals surface area contributed by atoms with Gasteiger partial charge in [-0.1, -0.05) is 50.2 Å². The van der Waals surface area contributed by atoms with Crippen LogP contribution in [-0.2, 0) is 9.45 Å². The lowest BCUT2D eigenvalue weighted by Crippen LogP contribution is -2.68. The summed E-state index contributed by atoms with van der Waals surface area (Å²) >= 11 is 0. The van der Waals surface area contributed by atoms with E-state index in [1.165, 1.54) is 0 Å². The molecule has 0 heterocycles. The van der Waals surface area contributed by atoms with Gasteiger partial charge in [0.05, 0.1) is 20.7 Å². The predicted octanol–water partition coefficient (Wildman–Crippen LogP) is 4.08. The highest BCUT2D eigenvalue weighted by molar-refractivity contribution is 6.39. The minimum absolute atomic E-state index is 0.0198. The summed E-state index contributed by atoms with van der Waals surface area (Å²) in [5.41, 5.74) is -1.22. The lowest BCUT2D eigenvalue weighted by Gasteiger charge is -2.47. The van der Waals surface area contributed by atoms with Gasteiger partial charge in [-0.2, -0.15) is 0 Å². The van der Waals surface area contributed by atoms with E-state index in [9.17, 15) is 9.90 Å².